The van der Waals surface area contributed by atoms with Gasteiger partial charge >= 0.3 is 0 Å². The molecule has 0 aliphatic rings. The summed E-state index contributed by atoms with van der Waals surface area (Å²) in [7, 11) is 0.467. The van der Waals surface area contributed by atoms with E-state index >= 15 is 0 Å². The summed E-state index contributed by atoms with van der Waals surface area (Å²) in [4.78, 5) is 2.71. The molecule has 5 nitrogen and oxygen atoms in total. The highest BCUT2D eigenvalue weighted by molar-refractivity contribution is 7.91. The molecule has 18 heavy (non-hydrogen) atoms. The summed E-state index contributed by atoms with van der Waals surface area (Å²) >= 11 is 1.12. The van der Waals surface area contributed by atoms with Crippen molar-refractivity contribution in [3.8, 4) is 0 Å². The third kappa shape index (κ3) is 4.33. The van der Waals surface area contributed by atoms with Gasteiger partial charge in [-0.25, -0.2) is 13.1 Å². The molecule has 7 heteroatoms. The van der Waals surface area contributed by atoms with Crippen LogP contribution >= 0.6 is 11.3 Å². The van der Waals surface area contributed by atoms with Gasteiger partial charge in [-0.05, 0) is 45.6 Å². The molecule has 1 aromatic rings. The number of hydrogen-bond donors (Lipinski definition) is 2. The largest absolute Gasteiger partial charge is 0.391 e. The topological polar surface area (TPSA) is 69.6 Å². The van der Waals surface area contributed by atoms with E-state index < -0.39 is 10.0 Å². The van der Waals surface area contributed by atoms with E-state index in [0.29, 0.717) is 11.4 Å². The SMILES string of the molecule is Cc1cc(S(=O)(=O)NCCCN(C)C)sc1CO. The van der Waals surface area contributed by atoms with Crippen molar-refractivity contribution < 1.29 is 13.5 Å². The quantitative estimate of drug-likeness (QED) is 0.729. The number of aliphatic hydroxyl groups is 1. The van der Waals surface area contributed by atoms with Gasteiger partial charge in [-0.1, -0.05) is 0 Å². The number of nitrogens with zero attached hydrogens (tertiary/aromatic N) is 1. The van der Waals surface area contributed by atoms with Gasteiger partial charge in [0.15, 0.2) is 0 Å². The highest BCUT2D eigenvalue weighted by Crippen LogP contribution is 2.25. The van der Waals surface area contributed by atoms with Crippen LogP contribution < -0.4 is 4.72 Å². The molecule has 0 fully saturated rings. The summed E-state index contributed by atoms with van der Waals surface area (Å²) in [5.41, 5.74) is 0.816. The Morgan fingerprint density at radius 2 is 2.11 bits per heavy atom. The van der Waals surface area contributed by atoms with Crippen molar-refractivity contribution in [3.05, 3.63) is 16.5 Å². The van der Waals surface area contributed by atoms with Crippen molar-refractivity contribution in [2.24, 2.45) is 0 Å². The Hall–Kier alpha value is -0.470. The molecular formula is C11H20N2O3S2. The first kappa shape index (κ1) is 15.6. The van der Waals surface area contributed by atoms with Gasteiger partial charge in [0.25, 0.3) is 0 Å². The first-order valence-corrected chi connectivity index (χ1v) is 8.01. The molecule has 104 valence electrons. The second kappa shape index (κ2) is 6.63. The maximum Gasteiger partial charge on any atom is 0.250 e. The van der Waals surface area contributed by atoms with Gasteiger partial charge in [0, 0.05) is 11.4 Å². The van der Waals surface area contributed by atoms with Gasteiger partial charge in [-0.2, -0.15) is 0 Å². The Morgan fingerprint density at radius 3 is 2.61 bits per heavy atom. The second-order valence-corrected chi connectivity index (χ2v) is 7.51. The van der Waals surface area contributed by atoms with Crippen LogP contribution in [0.2, 0.25) is 0 Å². The zero-order chi connectivity index (χ0) is 13.8. The molecule has 0 aliphatic carbocycles. The zero-order valence-corrected chi connectivity index (χ0v) is 12.6. The van der Waals surface area contributed by atoms with Crippen molar-refractivity contribution in [2.45, 2.75) is 24.2 Å². The average molecular weight is 292 g/mol. The molecule has 1 rings (SSSR count). The van der Waals surface area contributed by atoms with E-state index in [0.717, 1.165) is 29.9 Å². The lowest BCUT2D eigenvalue weighted by molar-refractivity contribution is 0.285. The van der Waals surface area contributed by atoms with Gasteiger partial charge in [0.2, 0.25) is 10.0 Å². The van der Waals surface area contributed by atoms with Crippen LogP contribution in [0.3, 0.4) is 0 Å². The van der Waals surface area contributed by atoms with Gasteiger partial charge in [0.1, 0.15) is 4.21 Å². The second-order valence-electron chi connectivity index (χ2n) is 4.38. The molecule has 0 bridgehead atoms. The fraction of sp³-hybridized carbons (Fsp3) is 0.636. The first-order chi connectivity index (χ1) is 8.36. The zero-order valence-electron chi connectivity index (χ0n) is 10.9. The van der Waals surface area contributed by atoms with Crippen LogP contribution in [-0.4, -0.2) is 45.6 Å². The van der Waals surface area contributed by atoms with Crippen LogP contribution in [0.5, 0.6) is 0 Å². The van der Waals surface area contributed by atoms with E-state index in [1.165, 1.54) is 0 Å². The number of nitrogens with one attached hydrogen (secondary N) is 1. The smallest absolute Gasteiger partial charge is 0.250 e. The average Bonchev–Trinajstić information content (AvgIpc) is 2.66. The molecule has 1 heterocycles. The molecule has 0 unspecified atom stereocenters. The Kier molecular flexibility index (Phi) is 5.74. The van der Waals surface area contributed by atoms with Crippen molar-refractivity contribution in [3.63, 3.8) is 0 Å². The van der Waals surface area contributed by atoms with Gasteiger partial charge in [-0.3, -0.25) is 0 Å². The van der Waals surface area contributed by atoms with Gasteiger partial charge < -0.3 is 10.0 Å². The number of aliphatic hydroxyl groups excluding tert-OH is 1. The van der Waals surface area contributed by atoms with Crippen molar-refractivity contribution in [1.29, 1.82) is 0 Å². The van der Waals surface area contributed by atoms with Gasteiger partial charge in [0.05, 0.1) is 6.61 Å². The summed E-state index contributed by atoms with van der Waals surface area (Å²) < 4.78 is 26.8. The van der Waals surface area contributed by atoms with Crippen molar-refractivity contribution in [1.82, 2.24) is 9.62 Å². The lowest BCUT2D eigenvalue weighted by Crippen LogP contribution is -2.26. The summed E-state index contributed by atoms with van der Waals surface area (Å²) in [6.07, 6.45) is 0.767. The monoisotopic (exact) mass is 292 g/mol. The molecule has 2 N–H and O–H groups in total. The number of thiophene rings is 1. The molecule has 0 atom stereocenters. The standard InChI is InChI=1S/C11H20N2O3S2/c1-9-7-11(17-10(9)8-14)18(15,16)12-5-4-6-13(2)3/h7,12,14H,4-6,8H2,1-3H3. The number of hydrogen-bond acceptors (Lipinski definition) is 5. The minimum absolute atomic E-state index is 0.118. The van der Waals surface area contributed by atoms with Crippen molar-refractivity contribution >= 4 is 21.4 Å². The third-order valence-electron chi connectivity index (χ3n) is 2.48. The Bertz CT molecular complexity index is 480. The number of aryl methyl sites for hydroxylation is 1. The van der Waals surface area contributed by atoms with E-state index in [2.05, 4.69) is 4.72 Å². The van der Waals surface area contributed by atoms with Crippen LogP contribution in [0.25, 0.3) is 0 Å². The summed E-state index contributed by atoms with van der Waals surface area (Å²) in [5, 5.41) is 9.06. The highest BCUT2D eigenvalue weighted by Gasteiger charge is 2.17. The molecule has 0 radical (unpaired) electrons. The Balaban J connectivity index is 2.62. The van der Waals surface area contributed by atoms with E-state index in [1.54, 1.807) is 13.0 Å². The van der Waals surface area contributed by atoms with E-state index in [-0.39, 0.29) is 10.8 Å². The molecule has 0 saturated carbocycles. The highest BCUT2D eigenvalue weighted by atomic mass is 32.2. The fourth-order valence-corrected chi connectivity index (χ4v) is 4.02. The summed E-state index contributed by atoms with van der Waals surface area (Å²) in [6, 6.07) is 1.60. The van der Waals surface area contributed by atoms with Crippen LogP contribution in [0.1, 0.15) is 16.9 Å². The molecule has 0 aliphatic heterocycles. The maximum atomic E-state index is 12.0. The van der Waals surface area contributed by atoms with E-state index in [9.17, 15) is 8.42 Å². The molecule has 1 aromatic heterocycles. The van der Waals surface area contributed by atoms with E-state index in [4.69, 9.17) is 5.11 Å². The van der Waals surface area contributed by atoms with Crippen molar-refractivity contribution in [2.75, 3.05) is 27.2 Å². The van der Waals surface area contributed by atoms with Crippen LogP contribution in [0.15, 0.2) is 10.3 Å². The summed E-state index contributed by atoms with van der Waals surface area (Å²) in [6.45, 7) is 2.94. The Labute approximate surface area is 112 Å². The van der Waals surface area contributed by atoms with Gasteiger partial charge in [-0.15, -0.1) is 11.3 Å². The van der Waals surface area contributed by atoms with Crippen LogP contribution in [0, 0.1) is 6.92 Å². The third-order valence-corrected chi connectivity index (χ3v) is 5.64. The molecule has 0 spiro atoms. The minimum Gasteiger partial charge on any atom is -0.391 e. The summed E-state index contributed by atoms with van der Waals surface area (Å²) in [5.74, 6) is 0. The molecular weight excluding hydrogens is 272 g/mol. The predicted molar refractivity (Wildman–Crippen MR) is 73.3 cm³/mol. The van der Waals surface area contributed by atoms with Crippen LogP contribution in [-0.2, 0) is 16.6 Å². The minimum atomic E-state index is -3.43. The molecule has 0 saturated heterocycles. The number of sulfonamides is 1. The van der Waals surface area contributed by atoms with Crippen LogP contribution in [0.4, 0.5) is 0 Å². The lowest BCUT2D eigenvalue weighted by Gasteiger charge is -2.09. The predicted octanol–water partition coefficient (Wildman–Crippen LogP) is 0.779. The first-order valence-electron chi connectivity index (χ1n) is 5.71. The fourth-order valence-electron chi connectivity index (χ4n) is 1.45. The number of rotatable bonds is 7. The Morgan fingerprint density at radius 1 is 1.44 bits per heavy atom. The maximum absolute atomic E-state index is 12.0. The van der Waals surface area contributed by atoms with E-state index in [1.807, 2.05) is 19.0 Å². The normalized spacial score (nSPS) is 12.3. The lowest BCUT2D eigenvalue weighted by atomic mass is 10.3. The molecule has 0 amide bonds. The molecule has 0 aromatic carbocycles.